The molecule has 3 aromatic rings. The maximum Gasteiger partial charge on any atom is 0.113 e. The molecule has 0 amide bonds. The van der Waals surface area contributed by atoms with Gasteiger partial charge in [-0.25, -0.2) is 4.68 Å². The van der Waals surface area contributed by atoms with E-state index in [1.54, 1.807) is 6.08 Å². The number of benzene rings is 2. The second-order valence-corrected chi connectivity index (χ2v) is 9.17. The molecule has 0 saturated heterocycles. The standard InChI is InChI=1S/C35H35N3/c1-6-9-24-34(38-35-25-17-16-23-33(35)36-37-38)27(5)30-20-14-15-22-32(30)31-21-13-11-10-12-19-26(4)29(18-7-2)28(31)8-3/h6-9,11-20,22-25,31H,1-2,4,10,21H2,3,5H3/b13-11-,19-12-,24-9-,28-8+,29-18-,34-27-. The highest BCUT2D eigenvalue weighted by Gasteiger charge is 2.23. The van der Waals surface area contributed by atoms with Crippen LogP contribution in [0.2, 0.25) is 0 Å². The highest BCUT2D eigenvalue weighted by Crippen LogP contribution is 2.40. The lowest BCUT2D eigenvalue weighted by Crippen LogP contribution is -2.09. The van der Waals surface area contributed by atoms with Crippen molar-refractivity contribution < 1.29 is 0 Å². The fraction of sp³-hybridized carbons (Fsp3) is 0.143. The Balaban J connectivity index is 1.95. The number of nitrogens with zero attached hydrogens (tertiary/aromatic N) is 3. The van der Waals surface area contributed by atoms with Crippen LogP contribution in [0.1, 0.15) is 43.7 Å². The summed E-state index contributed by atoms with van der Waals surface area (Å²) in [5.41, 5.74) is 9.66. The number of fused-ring (bicyclic) bond motifs is 1. The molecule has 1 unspecified atom stereocenters. The first-order valence-corrected chi connectivity index (χ1v) is 13.0. The predicted octanol–water partition coefficient (Wildman–Crippen LogP) is 9.17. The molecule has 1 aliphatic rings. The first kappa shape index (κ1) is 26.6. The molecule has 0 spiro atoms. The Labute approximate surface area is 226 Å². The molecule has 0 N–H and O–H groups in total. The van der Waals surface area contributed by atoms with Crippen molar-refractivity contribution in [1.29, 1.82) is 0 Å². The van der Waals surface area contributed by atoms with Crippen molar-refractivity contribution in [1.82, 2.24) is 15.0 Å². The Morgan fingerprint density at radius 1 is 1.00 bits per heavy atom. The van der Waals surface area contributed by atoms with Gasteiger partial charge in [-0.2, -0.15) is 0 Å². The molecule has 3 nitrogen and oxygen atoms in total. The highest BCUT2D eigenvalue weighted by atomic mass is 15.4. The smallest absolute Gasteiger partial charge is 0.113 e. The van der Waals surface area contributed by atoms with Crippen molar-refractivity contribution in [2.24, 2.45) is 0 Å². The molecule has 1 aliphatic carbocycles. The number of aromatic nitrogens is 3. The zero-order valence-electron chi connectivity index (χ0n) is 22.3. The molecule has 2 aromatic carbocycles. The maximum atomic E-state index is 4.53. The topological polar surface area (TPSA) is 30.7 Å². The van der Waals surface area contributed by atoms with Gasteiger partial charge in [0.15, 0.2) is 0 Å². The van der Waals surface area contributed by atoms with Gasteiger partial charge in [-0.15, -0.1) is 5.10 Å². The summed E-state index contributed by atoms with van der Waals surface area (Å²) in [7, 11) is 0. The third-order valence-electron chi connectivity index (χ3n) is 6.85. The first-order chi connectivity index (χ1) is 18.6. The Kier molecular flexibility index (Phi) is 8.84. The van der Waals surface area contributed by atoms with Crippen LogP contribution in [0.5, 0.6) is 0 Å². The van der Waals surface area contributed by atoms with Crippen molar-refractivity contribution in [3.8, 4) is 0 Å². The van der Waals surface area contributed by atoms with Gasteiger partial charge in [0.05, 0.1) is 11.2 Å². The molecule has 4 rings (SSSR count). The molecule has 1 aromatic heterocycles. The molecule has 1 heterocycles. The summed E-state index contributed by atoms with van der Waals surface area (Å²) >= 11 is 0. The molecule has 1 atom stereocenters. The normalized spacial score (nSPS) is 21.0. The minimum Gasteiger partial charge on any atom is -0.213 e. The van der Waals surface area contributed by atoms with E-state index in [4.69, 9.17) is 0 Å². The minimum absolute atomic E-state index is 0.133. The average Bonchev–Trinajstić information content (AvgIpc) is 3.37. The number of rotatable bonds is 6. The number of hydrogen-bond acceptors (Lipinski definition) is 2. The first-order valence-electron chi connectivity index (χ1n) is 13.0. The van der Waals surface area contributed by atoms with E-state index in [1.807, 2.05) is 41.1 Å². The lowest BCUT2D eigenvalue weighted by Gasteiger charge is -2.26. The van der Waals surface area contributed by atoms with Gasteiger partial charge < -0.3 is 0 Å². The summed E-state index contributed by atoms with van der Waals surface area (Å²) in [6, 6.07) is 16.7. The van der Waals surface area contributed by atoms with E-state index in [2.05, 4.69) is 111 Å². The molecular weight excluding hydrogens is 462 g/mol. The van der Waals surface area contributed by atoms with Gasteiger partial charge in [-0.3, -0.25) is 0 Å². The molecule has 190 valence electrons. The quantitative estimate of drug-likeness (QED) is 0.251. The van der Waals surface area contributed by atoms with Gasteiger partial charge in [0.1, 0.15) is 5.52 Å². The molecule has 0 saturated carbocycles. The second-order valence-electron chi connectivity index (χ2n) is 9.17. The largest absolute Gasteiger partial charge is 0.213 e. The maximum absolute atomic E-state index is 4.53. The molecule has 0 aliphatic heterocycles. The van der Waals surface area contributed by atoms with Crippen molar-refractivity contribution in [3.63, 3.8) is 0 Å². The highest BCUT2D eigenvalue weighted by molar-refractivity contribution is 5.91. The van der Waals surface area contributed by atoms with Crippen molar-refractivity contribution in [3.05, 3.63) is 157 Å². The molecule has 0 fully saturated rings. The fourth-order valence-electron chi connectivity index (χ4n) is 5.02. The molecular formula is C35H35N3. The van der Waals surface area contributed by atoms with Gasteiger partial charge in [0.25, 0.3) is 0 Å². The van der Waals surface area contributed by atoms with E-state index in [0.29, 0.717) is 0 Å². The third kappa shape index (κ3) is 5.57. The summed E-state index contributed by atoms with van der Waals surface area (Å²) in [6.45, 7) is 16.5. The molecule has 0 radical (unpaired) electrons. The van der Waals surface area contributed by atoms with Crippen LogP contribution in [0.3, 0.4) is 0 Å². The monoisotopic (exact) mass is 497 g/mol. The molecule has 3 heteroatoms. The van der Waals surface area contributed by atoms with Gasteiger partial charge >= 0.3 is 0 Å². The predicted molar refractivity (Wildman–Crippen MR) is 164 cm³/mol. The van der Waals surface area contributed by atoms with E-state index in [1.165, 1.54) is 16.7 Å². The lowest BCUT2D eigenvalue weighted by molar-refractivity contribution is 0.809. The molecule has 38 heavy (non-hydrogen) atoms. The van der Waals surface area contributed by atoms with Crippen molar-refractivity contribution in [2.45, 2.75) is 32.6 Å². The second kappa shape index (κ2) is 12.6. The Morgan fingerprint density at radius 2 is 1.79 bits per heavy atom. The van der Waals surface area contributed by atoms with E-state index < -0.39 is 0 Å². The Morgan fingerprint density at radius 3 is 2.58 bits per heavy atom. The van der Waals surface area contributed by atoms with Crippen LogP contribution in [0.15, 0.2) is 146 Å². The van der Waals surface area contributed by atoms with Gasteiger partial charge in [0, 0.05) is 5.92 Å². The van der Waals surface area contributed by atoms with Gasteiger partial charge in [0.2, 0.25) is 0 Å². The van der Waals surface area contributed by atoms with E-state index in [9.17, 15) is 0 Å². The lowest BCUT2D eigenvalue weighted by atomic mass is 9.78. The SMILES string of the molecule is C=C/C=C\C(=C(/C)c1ccccc1C1C/C=C\C/C=C\C(=C)C(=C/C=C)/C1=C\C)n1nnc2ccccc21. The number of para-hydroxylation sites is 1. The van der Waals surface area contributed by atoms with Crippen LogP contribution in [-0.2, 0) is 0 Å². The summed E-state index contributed by atoms with van der Waals surface area (Å²) in [5.74, 6) is 0.133. The van der Waals surface area contributed by atoms with Crippen LogP contribution in [0.25, 0.3) is 22.3 Å². The summed E-state index contributed by atoms with van der Waals surface area (Å²) in [4.78, 5) is 0. The minimum atomic E-state index is 0.133. The Bertz CT molecular complexity index is 1530. The molecule has 0 bridgehead atoms. The van der Waals surface area contributed by atoms with Crippen LogP contribution >= 0.6 is 0 Å². The average molecular weight is 498 g/mol. The van der Waals surface area contributed by atoms with Gasteiger partial charge in [-0.1, -0.05) is 116 Å². The van der Waals surface area contributed by atoms with Crippen LogP contribution in [0, 0.1) is 0 Å². The summed E-state index contributed by atoms with van der Waals surface area (Å²) in [6.07, 6.45) is 22.5. The van der Waals surface area contributed by atoms with E-state index in [0.717, 1.165) is 46.3 Å². The number of hydrogen-bond donors (Lipinski definition) is 0. The van der Waals surface area contributed by atoms with E-state index in [-0.39, 0.29) is 5.92 Å². The van der Waals surface area contributed by atoms with Gasteiger partial charge in [-0.05, 0) is 78.3 Å². The van der Waals surface area contributed by atoms with Crippen LogP contribution < -0.4 is 0 Å². The third-order valence-corrected chi connectivity index (χ3v) is 6.85. The van der Waals surface area contributed by atoms with Crippen LogP contribution in [0.4, 0.5) is 0 Å². The Hall–Kier alpha value is -4.50. The van der Waals surface area contributed by atoms with Crippen LogP contribution in [-0.4, -0.2) is 15.0 Å². The van der Waals surface area contributed by atoms with E-state index >= 15 is 0 Å². The summed E-state index contributed by atoms with van der Waals surface area (Å²) < 4.78 is 1.92. The van der Waals surface area contributed by atoms with Crippen molar-refractivity contribution >= 4 is 22.3 Å². The zero-order valence-corrected chi connectivity index (χ0v) is 22.3. The fourth-order valence-corrected chi connectivity index (χ4v) is 5.02. The summed E-state index contributed by atoms with van der Waals surface area (Å²) in [5, 5.41) is 8.94. The van der Waals surface area contributed by atoms with Crippen molar-refractivity contribution in [2.75, 3.05) is 0 Å². The number of allylic oxidation sites excluding steroid dienone is 15. The zero-order chi connectivity index (χ0) is 26.9.